The summed E-state index contributed by atoms with van der Waals surface area (Å²) in [6.45, 7) is 0.425. The van der Waals surface area contributed by atoms with Gasteiger partial charge in [-0.05, 0) is 18.2 Å². The molecule has 0 aliphatic rings. The zero-order valence-corrected chi connectivity index (χ0v) is 16.5. The highest BCUT2D eigenvalue weighted by Gasteiger charge is 2.13. The number of methoxy groups -OCH3 is 4. The van der Waals surface area contributed by atoms with E-state index in [0.717, 1.165) is 5.69 Å². The molecule has 0 spiro atoms. The third-order valence-electron chi connectivity index (χ3n) is 3.78. The summed E-state index contributed by atoms with van der Waals surface area (Å²) in [6.07, 6.45) is 0.264. The first kappa shape index (κ1) is 20.5. The minimum atomic E-state index is -0.142. The average molecular weight is 395 g/mol. The minimum Gasteiger partial charge on any atom is -0.495 e. The van der Waals surface area contributed by atoms with Gasteiger partial charge in [-0.2, -0.15) is 0 Å². The number of ether oxygens (including phenoxy) is 4. The summed E-state index contributed by atoms with van der Waals surface area (Å²) < 4.78 is 21.0. The molecule has 0 aliphatic heterocycles. The second kappa shape index (κ2) is 9.78. The molecular weight excluding hydrogens is 372 g/mol. The van der Waals surface area contributed by atoms with Crippen LogP contribution < -0.4 is 29.6 Å². The van der Waals surface area contributed by atoms with Crippen molar-refractivity contribution in [1.29, 1.82) is 0 Å². The lowest BCUT2D eigenvalue weighted by molar-refractivity contribution is -0.115. The number of carbonyl (C=O) groups is 1. The summed E-state index contributed by atoms with van der Waals surface area (Å²) in [4.78, 5) is 12.1. The molecule has 0 aromatic heterocycles. The first-order valence-electron chi connectivity index (χ1n) is 8.19. The number of rotatable bonds is 9. The number of hydrogen-bond acceptors (Lipinski definition) is 6. The van der Waals surface area contributed by atoms with Gasteiger partial charge >= 0.3 is 0 Å². The van der Waals surface area contributed by atoms with Crippen molar-refractivity contribution >= 4 is 28.9 Å². The topological polar surface area (TPSA) is 78.1 Å². The van der Waals surface area contributed by atoms with Gasteiger partial charge in [0.05, 0.1) is 33.5 Å². The predicted molar refractivity (Wildman–Crippen MR) is 106 cm³/mol. The van der Waals surface area contributed by atoms with Crippen LogP contribution in [0.3, 0.4) is 0 Å². The van der Waals surface area contributed by atoms with E-state index in [4.69, 9.17) is 30.5 Å². The quantitative estimate of drug-likeness (QED) is 0.673. The molecule has 0 radical (unpaired) electrons. The first-order valence-corrected chi connectivity index (χ1v) is 8.57. The third-order valence-corrected chi connectivity index (χ3v) is 4.08. The molecule has 0 fully saturated rings. The van der Waals surface area contributed by atoms with Gasteiger partial charge in [0, 0.05) is 36.5 Å². The van der Waals surface area contributed by atoms with Gasteiger partial charge in [-0.3, -0.25) is 4.79 Å². The molecule has 0 atom stereocenters. The summed E-state index contributed by atoms with van der Waals surface area (Å²) >= 11 is 6.06. The van der Waals surface area contributed by atoms with Gasteiger partial charge in [-0.15, -0.1) is 0 Å². The standard InChI is InChI=1S/C19H23ClN2O5/c1-24-15-6-5-12(9-14(15)20)22-18(23)7-8-21-13-10-16(25-2)19(27-4)17(11-13)26-3/h5-6,9-11,21H,7-8H2,1-4H3,(H,22,23). The Labute approximate surface area is 163 Å². The van der Waals surface area contributed by atoms with E-state index in [2.05, 4.69) is 10.6 Å². The number of benzene rings is 2. The molecule has 7 nitrogen and oxygen atoms in total. The van der Waals surface area contributed by atoms with Gasteiger partial charge in [0.15, 0.2) is 11.5 Å². The first-order chi connectivity index (χ1) is 13.0. The normalized spacial score (nSPS) is 10.1. The molecule has 0 aliphatic carbocycles. The Hall–Kier alpha value is -2.80. The molecule has 0 unspecified atom stereocenters. The Morgan fingerprint density at radius 1 is 0.889 bits per heavy atom. The molecular formula is C19H23ClN2O5. The lowest BCUT2D eigenvalue weighted by Gasteiger charge is -2.15. The van der Waals surface area contributed by atoms with Crippen molar-refractivity contribution in [2.75, 3.05) is 45.6 Å². The Morgan fingerprint density at radius 2 is 1.52 bits per heavy atom. The molecule has 2 aromatic rings. The fraction of sp³-hybridized carbons (Fsp3) is 0.316. The monoisotopic (exact) mass is 394 g/mol. The molecule has 1 amide bonds. The molecule has 8 heteroatoms. The molecule has 27 heavy (non-hydrogen) atoms. The number of anilines is 2. The van der Waals surface area contributed by atoms with Crippen molar-refractivity contribution in [2.24, 2.45) is 0 Å². The van der Waals surface area contributed by atoms with Crippen LogP contribution in [0.4, 0.5) is 11.4 Å². The maximum Gasteiger partial charge on any atom is 0.226 e. The number of amides is 1. The Bertz CT molecular complexity index is 773. The van der Waals surface area contributed by atoms with Crippen molar-refractivity contribution in [3.8, 4) is 23.0 Å². The van der Waals surface area contributed by atoms with E-state index >= 15 is 0 Å². The molecule has 0 saturated carbocycles. The van der Waals surface area contributed by atoms with Crippen LogP contribution in [-0.4, -0.2) is 40.9 Å². The second-order valence-electron chi connectivity index (χ2n) is 5.49. The summed E-state index contributed by atoms with van der Waals surface area (Å²) in [6, 6.07) is 8.64. The van der Waals surface area contributed by atoms with Crippen molar-refractivity contribution in [2.45, 2.75) is 6.42 Å². The molecule has 0 heterocycles. The molecule has 0 saturated heterocycles. The summed E-state index contributed by atoms with van der Waals surface area (Å²) in [5, 5.41) is 6.40. The Balaban J connectivity index is 1.94. The summed E-state index contributed by atoms with van der Waals surface area (Å²) in [5.74, 6) is 2.00. The molecule has 0 bridgehead atoms. The molecule has 2 rings (SSSR count). The van der Waals surface area contributed by atoms with Gasteiger partial charge in [-0.1, -0.05) is 11.6 Å². The van der Waals surface area contributed by atoms with Crippen molar-refractivity contribution in [3.05, 3.63) is 35.4 Å². The molecule has 2 aromatic carbocycles. The highest BCUT2D eigenvalue weighted by molar-refractivity contribution is 6.32. The highest BCUT2D eigenvalue weighted by Crippen LogP contribution is 2.39. The van der Waals surface area contributed by atoms with E-state index < -0.39 is 0 Å². The SMILES string of the molecule is COc1ccc(NC(=O)CCNc2cc(OC)c(OC)c(OC)c2)cc1Cl. The van der Waals surface area contributed by atoms with E-state index in [9.17, 15) is 4.79 Å². The minimum absolute atomic E-state index is 0.142. The lowest BCUT2D eigenvalue weighted by atomic mass is 10.2. The molecule has 146 valence electrons. The maximum absolute atomic E-state index is 12.1. The third kappa shape index (κ3) is 5.34. The summed E-state index contributed by atoms with van der Waals surface area (Å²) in [7, 11) is 6.18. The number of carbonyl (C=O) groups excluding carboxylic acids is 1. The zero-order chi connectivity index (χ0) is 19.8. The number of halogens is 1. The number of nitrogens with one attached hydrogen (secondary N) is 2. The predicted octanol–water partition coefficient (Wildman–Crippen LogP) is 3.82. The van der Waals surface area contributed by atoms with E-state index in [-0.39, 0.29) is 12.3 Å². The smallest absolute Gasteiger partial charge is 0.226 e. The number of hydrogen-bond donors (Lipinski definition) is 2. The van der Waals surface area contributed by atoms with Gasteiger partial charge in [0.25, 0.3) is 0 Å². The molecule has 2 N–H and O–H groups in total. The van der Waals surface area contributed by atoms with Crippen molar-refractivity contribution in [3.63, 3.8) is 0 Å². The van der Waals surface area contributed by atoms with Crippen LogP contribution in [0.15, 0.2) is 30.3 Å². The van der Waals surface area contributed by atoms with E-state index in [1.54, 1.807) is 51.7 Å². The van der Waals surface area contributed by atoms with Gasteiger partial charge in [0.1, 0.15) is 5.75 Å². The van der Waals surface area contributed by atoms with Crippen LogP contribution in [0, 0.1) is 0 Å². The average Bonchev–Trinajstić information content (AvgIpc) is 2.67. The van der Waals surface area contributed by atoms with E-state index in [1.807, 2.05) is 0 Å². The van der Waals surface area contributed by atoms with Crippen LogP contribution in [0.5, 0.6) is 23.0 Å². The second-order valence-corrected chi connectivity index (χ2v) is 5.90. The van der Waals surface area contributed by atoms with Crippen LogP contribution in [0.2, 0.25) is 5.02 Å². The van der Waals surface area contributed by atoms with Gasteiger partial charge in [-0.25, -0.2) is 0 Å². The van der Waals surface area contributed by atoms with E-state index in [1.165, 1.54) is 7.11 Å². The van der Waals surface area contributed by atoms with Gasteiger partial charge in [0.2, 0.25) is 11.7 Å². The zero-order valence-electron chi connectivity index (χ0n) is 15.7. The fourth-order valence-corrected chi connectivity index (χ4v) is 2.73. The van der Waals surface area contributed by atoms with Crippen LogP contribution in [-0.2, 0) is 4.79 Å². The maximum atomic E-state index is 12.1. The lowest BCUT2D eigenvalue weighted by Crippen LogP contribution is -2.16. The van der Waals surface area contributed by atoms with Crippen LogP contribution in [0.25, 0.3) is 0 Å². The fourth-order valence-electron chi connectivity index (χ4n) is 2.47. The van der Waals surface area contributed by atoms with Crippen LogP contribution >= 0.6 is 11.6 Å². The highest BCUT2D eigenvalue weighted by atomic mass is 35.5. The summed E-state index contributed by atoms with van der Waals surface area (Å²) in [5.41, 5.74) is 1.36. The Morgan fingerprint density at radius 3 is 2.04 bits per heavy atom. The Kier molecular flexibility index (Phi) is 7.43. The van der Waals surface area contributed by atoms with Crippen LogP contribution in [0.1, 0.15) is 6.42 Å². The van der Waals surface area contributed by atoms with E-state index in [0.29, 0.717) is 40.3 Å². The van der Waals surface area contributed by atoms with Gasteiger partial charge < -0.3 is 29.6 Å². The van der Waals surface area contributed by atoms with Crippen molar-refractivity contribution in [1.82, 2.24) is 0 Å². The largest absolute Gasteiger partial charge is 0.495 e. The van der Waals surface area contributed by atoms with Crippen molar-refractivity contribution < 1.29 is 23.7 Å².